The molecule has 1 aliphatic rings. The van der Waals surface area contributed by atoms with E-state index in [2.05, 4.69) is 115 Å². The summed E-state index contributed by atoms with van der Waals surface area (Å²) < 4.78 is 7.93. The Morgan fingerprint density at radius 3 is 2.26 bits per heavy atom. The van der Waals surface area contributed by atoms with E-state index in [1.165, 1.54) is 57.9 Å². The van der Waals surface area contributed by atoms with E-state index in [-0.39, 0.29) is 20.1 Å². The molecular weight excluding hydrogens is 849 g/mol. The van der Waals surface area contributed by atoms with Gasteiger partial charge in [0.15, 0.2) is 0 Å². The van der Waals surface area contributed by atoms with Crippen molar-refractivity contribution in [1.29, 1.82) is 0 Å². The molecule has 7 aromatic rings. The third-order valence-corrected chi connectivity index (χ3v) is 14.2. The van der Waals surface area contributed by atoms with Gasteiger partial charge >= 0.3 is 99.8 Å². The SMILES string of the molecule is Cc1cccc(C)c1-c1ccc2c(c1)oc1c(-c3cc(CC4CCCC4)ccn3)[c-]ccc12.[CH3][Ge]([CH3])([CH3])[c]1ccc(-c2[c-]cccc2)nc1.[Ir]. The Morgan fingerprint density at radius 1 is 0.760 bits per heavy atom. The Labute approximate surface area is 313 Å². The largest absolute Gasteiger partial charge is 0 e. The second-order valence-corrected chi connectivity index (χ2v) is 25.2. The number of pyridine rings is 2. The Hall–Kier alpha value is -3.83. The molecule has 0 amide bonds. The van der Waals surface area contributed by atoms with Crippen LogP contribution in [0, 0.1) is 31.9 Å². The minimum Gasteiger partial charge on any atom is 0 e. The smallest absolute Gasteiger partial charge is 0 e. The molecule has 255 valence electrons. The molecule has 3 heterocycles. The molecule has 3 aromatic heterocycles. The number of rotatable bonds is 6. The monoisotopic (exact) mass is 895 g/mol. The van der Waals surface area contributed by atoms with Gasteiger partial charge in [-0.25, -0.2) is 0 Å². The Kier molecular flexibility index (Phi) is 11.2. The first-order valence-electron chi connectivity index (χ1n) is 17.6. The van der Waals surface area contributed by atoms with Crippen molar-refractivity contribution in [3.8, 4) is 33.6 Å². The van der Waals surface area contributed by atoms with Crippen LogP contribution in [0.25, 0.3) is 55.6 Å². The molecule has 5 heteroatoms. The number of hydrogen-bond acceptors (Lipinski definition) is 3. The van der Waals surface area contributed by atoms with Gasteiger partial charge in [-0.3, -0.25) is 0 Å². The molecule has 0 spiro atoms. The zero-order valence-corrected chi connectivity index (χ0v) is 34.1. The maximum absolute atomic E-state index is 6.48. The molecule has 50 heavy (non-hydrogen) atoms. The number of furan rings is 1. The second kappa shape index (κ2) is 15.6. The van der Waals surface area contributed by atoms with Crippen LogP contribution in [-0.2, 0) is 26.5 Å². The summed E-state index contributed by atoms with van der Waals surface area (Å²) in [6, 6.07) is 40.4. The second-order valence-electron chi connectivity index (χ2n) is 14.5. The van der Waals surface area contributed by atoms with Crippen LogP contribution in [0.3, 0.4) is 0 Å². The van der Waals surface area contributed by atoms with Crippen molar-refractivity contribution in [3.05, 3.63) is 138 Å². The van der Waals surface area contributed by atoms with E-state index in [0.717, 1.165) is 56.8 Å². The van der Waals surface area contributed by atoms with Crippen LogP contribution in [0.4, 0.5) is 0 Å². The minimum absolute atomic E-state index is 0. The number of aromatic nitrogens is 2. The molecule has 1 saturated carbocycles. The Balaban J connectivity index is 0.000000215. The summed E-state index contributed by atoms with van der Waals surface area (Å²) in [6.45, 7) is 4.34. The molecule has 0 atom stereocenters. The van der Waals surface area contributed by atoms with Crippen LogP contribution >= 0.6 is 0 Å². The molecule has 3 nitrogen and oxygen atoms in total. The fraction of sp³-hybridized carbons (Fsp3) is 0.244. The van der Waals surface area contributed by atoms with Crippen molar-refractivity contribution < 1.29 is 24.5 Å². The number of aryl methyl sites for hydroxylation is 2. The summed E-state index contributed by atoms with van der Waals surface area (Å²) in [5, 5.41) is 2.26. The van der Waals surface area contributed by atoms with Crippen LogP contribution in [0.1, 0.15) is 42.4 Å². The number of nitrogens with zero attached hydrogens (tertiary/aromatic N) is 2. The zero-order chi connectivity index (χ0) is 34.0. The van der Waals surface area contributed by atoms with Gasteiger partial charge in [0.25, 0.3) is 0 Å². The molecule has 0 bridgehead atoms. The fourth-order valence-corrected chi connectivity index (χ4v) is 9.36. The van der Waals surface area contributed by atoms with Gasteiger partial charge in [-0.05, 0) is 66.3 Å². The van der Waals surface area contributed by atoms with Gasteiger partial charge in [0.05, 0.1) is 5.58 Å². The summed E-state index contributed by atoms with van der Waals surface area (Å²) in [5.74, 6) is 7.96. The summed E-state index contributed by atoms with van der Waals surface area (Å²) in [7, 11) is 0. The van der Waals surface area contributed by atoms with Crippen molar-refractivity contribution in [1.82, 2.24) is 9.97 Å². The number of fused-ring (bicyclic) bond motifs is 3. The summed E-state index contributed by atoms with van der Waals surface area (Å²) in [5.41, 5.74) is 12.2. The Morgan fingerprint density at radius 2 is 1.56 bits per heavy atom. The molecule has 4 aromatic carbocycles. The van der Waals surface area contributed by atoms with Gasteiger partial charge in [-0.1, -0.05) is 78.6 Å². The van der Waals surface area contributed by atoms with E-state index in [9.17, 15) is 0 Å². The van der Waals surface area contributed by atoms with Crippen molar-refractivity contribution in [2.75, 3.05) is 0 Å². The molecule has 0 N–H and O–H groups in total. The fourth-order valence-electron chi connectivity index (χ4n) is 7.19. The van der Waals surface area contributed by atoms with Crippen molar-refractivity contribution in [2.45, 2.75) is 63.2 Å². The van der Waals surface area contributed by atoms with E-state index in [1.54, 1.807) is 0 Å². The molecular formula is C45H44GeIrN2O-2. The van der Waals surface area contributed by atoms with Gasteiger partial charge in [0.1, 0.15) is 5.58 Å². The number of hydrogen-bond donors (Lipinski definition) is 0. The van der Waals surface area contributed by atoms with Crippen molar-refractivity contribution >= 4 is 39.6 Å². The van der Waals surface area contributed by atoms with Gasteiger partial charge in [0, 0.05) is 31.7 Å². The standard InChI is InChI=1S/C31H28NO.C14H16GeN.Ir/c1-20-7-5-8-21(2)30(20)24-13-14-25-26-11-6-12-27(31(26)33-29(25)19-24)28-18-23(15-16-32-28)17-22-9-3-4-10-22;1-15(2,3)13-9-10-14(16-11-13)12-7-5-4-6-8-12;/h5-8,11,13-16,18-19,22H,3-4,9-10,17H2,1-2H3;4-7,9-11H,1-3H3;/q2*-1;. The molecule has 0 saturated heterocycles. The molecule has 1 radical (unpaired) electrons. The minimum atomic E-state index is -1.72. The van der Waals surface area contributed by atoms with E-state index in [0.29, 0.717) is 0 Å². The van der Waals surface area contributed by atoms with Gasteiger partial charge < -0.3 is 9.40 Å². The molecule has 1 aliphatic carbocycles. The average Bonchev–Trinajstić information content (AvgIpc) is 3.76. The summed E-state index contributed by atoms with van der Waals surface area (Å²) in [4.78, 5) is 9.23. The molecule has 8 rings (SSSR count). The van der Waals surface area contributed by atoms with Crippen LogP contribution in [-0.4, -0.2) is 23.2 Å². The predicted octanol–water partition coefficient (Wildman–Crippen LogP) is 11.6. The average molecular weight is 894 g/mol. The van der Waals surface area contributed by atoms with Crippen LogP contribution < -0.4 is 4.40 Å². The van der Waals surface area contributed by atoms with E-state index < -0.39 is 13.3 Å². The first kappa shape index (κ1) is 36.0. The maximum Gasteiger partial charge on any atom is 0 e. The van der Waals surface area contributed by atoms with Crippen LogP contribution in [0.2, 0.25) is 17.3 Å². The third kappa shape index (κ3) is 7.89. The molecule has 1 fully saturated rings. The van der Waals surface area contributed by atoms with Crippen molar-refractivity contribution in [2.24, 2.45) is 5.92 Å². The van der Waals surface area contributed by atoms with Gasteiger partial charge in [-0.2, -0.15) is 0 Å². The predicted molar refractivity (Wildman–Crippen MR) is 208 cm³/mol. The first-order chi connectivity index (χ1) is 23.7. The van der Waals surface area contributed by atoms with Crippen LogP contribution in [0.15, 0.2) is 114 Å². The van der Waals surface area contributed by atoms with Gasteiger partial charge in [0.2, 0.25) is 0 Å². The topological polar surface area (TPSA) is 38.9 Å². The normalized spacial score (nSPS) is 13.2. The maximum atomic E-state index is 6.48. The summed E-state index contributed by atoms with van der Waals surface area (Å²) >= 11 is -1.72. The Bertz CT molecular complexity index is 2190. The van der Waals surface area contributed by atoms with E-state index in [4.69, 9.17) is 9.40 Å². The first-order valence-corrected chi connectivity index (χ1v) is 24.9. The van der Waals surface area contributed by atoms with Crippen LogP contribution in [0.5, 0.6) is 0 Å². The quantitative estimate of drug-likeness (QED) is 0.123. The van der Waals surface area contributed by atoms with Crippen molar-refractivity contribution in [3.63, 3.8) is 0 Å². The van der Waals surface area contributed by atoms with E-state index in [1.807, 2.05) is 42.7 Å². The van der Waals surface area contributed by atoms with Gasteiger partial charge in [-0.15, -0.1) is 18.2 Å². The zero-order valence-electron chi connectivity index (χ0n) is 29.6. The van der Waals surface area contributed by atoms with E-state index >= 15 is 0 Å². The summed E-state index contributed by atoms with van der Waals surface area (Å²) in [6.07, 6.45) is 10.6. The number of benzene rings is 4. The third-order valence-electron chi connectivity index (χ3n) is 9.90. The molecule has 0 unspecified atom stereocenters. The molecule has 0 aliphatic heterocycles.